The first kappa shape index (κ1) is 15.8. The lowest BCUT2D eigenvalue weighted by molar-refractivity contribution is -0.147. The van der Waals surface area contributed by atoms with Gasteiger partial charge in [-0.2, -0.15) is 0 Å². The van der Waals surface area contributed by atoms with Crippen molar-refractivity contribution in [3.8, 4) is 0 Å². The van der Waals surface area contributed by atoms with E-state index in [0.717, 1.165) is 22.6 Å². The quantitative estimate of drug-likeness (QED) is 0.833. The van der Waals surface area contributed by atoms with Gasteiger partial charge in [-0.05, 0) is 37.6 Å². The molecule has 0 fully saturated rings. The molecular weight excluding hydrogens is 282 g/mol. The van der Waals surface area contributed by atoms with Crippen LogP contribution in [-0.2, 0) is 20.7 Å². The van der Waals surface area contributed by atoms with Gasteiger partial charge < -0.3 is 14.5 Å². The van der Waals surface area contributed by atoms with Crippen molar-refractivity contribution in [3.63, 3.8) is 0 Å². The van der Waals surface area contributed by atoms with Crippen molar-refractivity contribution in [2.24, 2.45) is 0 Å². The van der Waals surface area contributed by atoms with Crippen LogP contribution in [0, 0.1) is 13.8 Å². The predicted octanol–water partition coefficient (Wildman–Crippen LogP) is 3.01. The van der Waals surface area contributed by atoms with Crippen LogP contribution in [0.2, 0.25) is 0 Å². The van der Waals surface area contributed by atoms with Crippen molar-refractivity contribution in [2.75, 3.05) is 11.9 Å². The van der Waals surface area contributed by atoms with E-state index in [1.165, 1.54) is 0 Å². The van der Waals surface area contributed by atoms with E-state index in [9.17, 15) is 9.59 Å². The summed E-state index contributed by atoms with van der Waals surface area (Å²) in [4.78, 5) is 23.3. The molecule has 0 saturated heterocycles. The zero-order valence-electron chi connectivity index (χ0n) is 12.7. The first-order valence-corrected chi connectivity index (χ1v) is 7.09. The number of furan rings is 1. The van der Waals surface area contributed by atoms with Crippen molar-refractivity contribution >= 4 is 17.6 Å². The molecule has 116 valence electrons. The second kappa shape index (κ2) is 7.45. The summed E-state index contributed by atoms with van der Waals surface area (Å²) in [5.74, 6) is -0.0536. The first-order valence-electron chi connectivity index (χ1n) is 7.09. The molecule has 2 rings (SSSR count). The minimum Gasteiger partial charge on any atom is -0.469 e. The third-order valence-corrected chi connectivity index (χ3v) is 3.18. The molecule has 0 atom stereocenters. The Morgan fingerprint density at radius 1 is 1.23 bits per heavy atom. The Kier molecular flexibility index (Phi) is 5.36. The number of esters is 1. The molecule has 1 N–H and O–H groups in total. The Balaban J connectivity index is 1.74. The van der Waals surface area contributed by atoms with Crippen molar-refractivity contribution in [1.82, 2.24) is 0 Å². The molecule has 0 spiro atoms. The van der Waals surface area contributed by atoms with Gasteiger partial charge in [-0.3, -0.25) is 9.59 Å². The average molecular weight is 301 g/mol. The number of ether oxygens (including phenoxy) is 1. The molecule has 0 aliphatic carbocycles. The molecule has 1 aromatic heterocycles. The van der Waals surface area contributed by atoms with Gasteiger partial charge in [0.25, 0.3) is 5.91 Å². The van der Waals surface area contributed by atoms with Crippen LogP contribution in [0.5, 0.6) is 0 Å². The molecule has 22 heavy (non-hydrogen) atoms. The third kappa shape index (κ3) is 4.77. The molecular formula is C17H19NO4. The predicted molar refractivity (Wildman–Crippen MR) is 82.5 cm³/mol. The second-order valence-electron chi connectivity index (χ2n) is 5.11. The Bertz CT molecular complexity index is 647. The number of carbonyl (C=O) groups excluding carboxylic acids is 2. The zero-order chi connectivity index (χ0) is 15.9. The fourth-order valence-electron chi connectivity index (χ4n) is 2.04. The van der Waals surface area contributed by atoms with E-state index in [-0.39, 0.29) is 18.9 Å². The monoisotopic (exact) mass is 301 g/mol. The van der Waals surface area contributed by atoms with Gasteiger partial charge in [-0.15, -0.1) is 0 Å². The summed E-state index contributed by atoms with van der Waals surface area (Å²) in [5, 5.41) is 2.73. The van der Waals surface area contributed by atoms with Crippen LogP contribution in [0.3, 0.4) is 0 Å². The molecule has 0 saturated carbocycles. The average Bonchev–Trinajstić information content (AvgIpc) is 2.99. The topological polar surface area (TPSA) is 68.5 Å². The van der Waals surface area contributed by atoms with Crippen LogP contribution < -0.4 is 5.32 Å². The Hall–Kier alpha value is -2.56. The van der Waals surface area contributed by atoms with E-state index in [0.29, 0.717) is 6.42 Å². The Morgan fingerprint density at radius 3 is 2.73 bits per heavy atom. The van der Waals surface area contributed by atoms with Crippen molar-refractivity contribution < 1.29 is 18.7 Å². The number of rotatable bonds is 6. The van der Waals surface area contributed by atoms with Gasteiger partial charge in [0.15, 0.2) is 6.61 Å². The number of hydrogen-bond donors (Lipinski definition) is 1. The van der Waals surface area contributed by atoms with Gasteiger partial charge >= 0.3 is 5.97 Å². The second-order valence-corrected chi connectivity index (χ2v) is 5.11. The van der Waals surface area contributed by atoms with Crippen LogP contribution in [-0.4, -0.2) is 18.5 Å². The first-order chi connectivity index (χ1) is 10.5. The summed E-state index contributed by atoms with van der Waals surface area (Å²) in [5.41, 5.74) is 2.82. The lowest BCUT2D eigenvalue weighted by Gasteiger charge is -2.09. The highest BCUT2D eigenvalue weighted by atomic mass is 16.5. The normalized spacial score (nSPS) is 10.3. The highest BCUT2D eigenvalue weighted by Gasteiger charge is 2.10. The van der Waals surface area contributed by atoms with Crippen LogP contribution in [0.1, 0.15) is 23.3 Å². The summed E-state index contributed by atoms with van der Waals surface area (Å²) < 4.78 is 10.1. The van der Waals surface area contributed by atoms with Crippen molar-refractivity contribution in [1.29, 1.82) is 0 Å². The molecule has 0 bridgehead atoms. The molecule has 1 heterocycles. The van der Waals surface area contributed by atoms with E-state index in [1.807, 2.05) is 32.0 Å². The maximum absolute atomic E-state index is 11.8. The van der Waals surface area contributed by atoms with E-state index < -0.39 is 5.97 Å². The lowest BCUT2D eigenvalue weighted by Crippen LogP contribution is -2.21. The number of benzene rings is 1. The molecule has 0 aliphatic rings. The molecule has 2 aromatic rings. The lowest BCUT2D eigenvalue weighted by atomic mass is 10.1. The number of nitrogens with one attached hydrogen (secondary N) is 1. The van der Waals surface area contributed by atoms with Gasteiger partial charge in [0.1, 0.15) is 5.76 Å². The van der Waals surface area contributed by atoms with Gasteiger partial charge in [0.2, 0.25) is 0 Å². The fourth-order valence-corrected chi connectivity index (χ4v) is 2.04. The minimum absolute atomic E-state index is 0.185. The maximum Gasteiger partial charge on any atom is 0.306 e. The van der Waals surface area contributed by atoms with E-state index in [1.54, 1.807) is 18.4 Å². The maximum atomic E-state index is 11.8. The van der Waals surface area contributed by atoms with E-state index in [4.69, 9.17) is 9.15 Å². The SMILES string of the molecule is Cc1ccc(NC(=O)COC(=O)CCc2ccco2)c(C)c1. The summed E-state index contributed by atoms with van der Waals surface area (Å²) in [6.45, 7) is 3.61. The van der Waals surface area contributed by atoms with Crippen LogP contribution >= 0.6 is 0 Å². The summed E-state index contributed by atoms with van der Waals surface area (Å²) >= 11 is 0. The molecule has 1 amide bonds. The number of aryl methyl sites for hydroxylation is 3. The van der Waals surface area contributed by atoms with Gasteiger partial charge in [-0.25, -0.2) is 0 Å². The van der Waals surface area contributed by atoms with Crippen LogP contribution in [0.25, 0.3) is 0 Å². The molecule has 0 radical (unpaired) electrons. The largest absolute Gasteiger partial charge is 0.469 e. The minimum atomic E-state index is -0.424. The molecule has 5 heteroatoms. The smallest absolute Gasteiger partial charge is 0.306 e. The highest BCUT2D eigenvalue weighted by Crippen LogP contribution is 2.15. The van der Waals surface area contributed by atoms with Crippen molar-refractivity contribution in [3.05, 3.63) is 53.5 Å². The number of amides is 1. The number of hydrogen-bond acceptors (Lipinski definition) is 4. The van der Waals surface area contributed by atoms with Gasteiger partial charge in [-0.1, -0.05) is 17.7 Å². The summed E-state index contributed by atoms with van der Waals surface area (Å²) in [7, 11) is 0. The third-order valence-electron chi connectivity index (χ3n) is 3.18. The standard InChI is InChI=1S/C17H19NO4/c1-12-5-7-15(13(2)10-12)18-16(19)11-22-17(20)8-6-14-4-3-9-21-14/h3-5,7,9-10H,6,8,11H2,1-2H3,(H,18,19). The Labute approximate surface area is 129 Å². The van der Waals surface area contributed by atoms with Crippen LogP contribution in [0.15, 0.2) is 41.0 Å². The zero-order valence-corrected chi connectivity index (χ0v) is 12.7. The van der Waals surface area contributed by atoms with Crippen LogP contribution in [0.4, 0.5) is 5.69 Å². The van der Waals surface area contributed by atoms with Gasteiger partial charge in [0, 0.05) is 12.1 Å². The Morgan fingerprint density at radius 2 is 2.05 bits per heavy atom. The molecule has 5 nitrogen and oxygen atoms in total. The number of carbonyl (C=O) groups is 2. The molecule has 0 unspecified atom stereocenters. The van der Waals surface area contributed by atoms with E-state index in [2.05, 4.69) is 5.32 Å². The van der Waals surface area contributed by atoms with Crippen molar-refractivity contribution in [2.45, 2.75) is 26.7 Å². The van der Waals surface area contributed by atoms with E-state index >= 15 is 0 Å². The molecule has 1 aromatic carbocycles. The summed E-state index contributed by atoms with van der Waals surface area (Å²) in [6.07, 6.45) is 2.20. The number of anilines is 1. The fraction of sp³-hybridized carbons (Fsp3) is 0.294. The highest BCUT2D eigenvalue weighted by molar-refractivity contribution is 5.93. The van der Waals surface area contributed by atoms with Gasteiger partial charge in [0.05, 0.1) is 12.7 Å². The molecule has 0 aliphatic heterocycles. The summed E-state index contributed by atoms with van der Waals surface area (Å²) in [6, 6.07) is 9.28.